The highest BCUT2D eigenvalue weighted by Crippen LogP contribution is 2.15. The van der Waals surface area contributed by atoms with Crippen molar-refractivity contribution in [3.8, 4) is 0 Å². The third-order valence-electron chi connectivity index (χ3n) is 2.19. The van der Waals surface area contributed by atoms with Gasteiger partial charge in [-0.3, -0.25) is 4.21 Å². The minimum atomic E-state index is -0.827. The normalized spacial score (nSPS) is 14.6. The van der Waals surface area contributed by atoms with Gasteiger partial charge in [-0.05, 0) is 26.0 Å². The molecule has 1 rings (SSSR count). The van der Waals surface area contributed by atoms with Crippen molar-refractivity contribution in [2.45, 2.75) is 19.1 Å². The van der Waals surface area contributed by atoms with Crippen LogP contribution in [0.25, 0.3) is 0 Å². The van der Waals surface area contributed by atoms with Crippen LogP contribution in [0.4, 0.5) is 11.5 Å². The molecule has 1 aromatic rings. The summed E-state index contributed by atoms with van der Waals surface area (Å²) in [4.78, 5) is 4.27. The topological polar surface area (TPSA) is 68.0 Å². The van der Waals surface area contributed by atoms with Crippen LogP contribution in [-0.2, 0) is 10.8 Å². The molecule has 0 fully saturated rings. The van der Waals surface area contributed by atoms with E-state index in [-0.39, 0.29) is 5.25 Å². The Morgan fingerprint density at radius 1 is 1.60 bits per heavy atom. The summed E-state index contributed by atoms with van der Waals surface area (Å²) in [6.45, 7) is 4.45. The molecule has 1 heterocycles. The molecule has 0 aliphatic rings. The lowest BCUT2D eigenvalue weighted by molar-refractivity contribution is 0.679. The van der Waals surface area contributed by atoms with Gasteiger partial charge in [0.15, 0.2) is 0 Å². The Bertz CT molecular complexity index is 368. The maximum absolute atomic E-state index is 11.1. The van der Waals surface area contributed by atoms with E-state index in [9.17, 15) is 4.21 Å². The summed E-state index contributed by atoms with van der Waals surface area (Å²) in [5, 5.41) is 3.20. The summed E-state index contributed by atoms with van der Waals surface area (Å²) < 4.78 is 11.1. The van der Waals surface area contributed by atoms with Gasteiger partial charge in [0.1, 0.15) is 5.82 Å². The SMILES string of the molecule is Cc1ccc(N)c(NCC(C)S(C)=O)n1. The summed E-state index contributed by atoms with van der Waals surface area (Å²) in [6.07, 6.45) is 1.69. The largest absolute Gasteiger partial charge is 0.396 e. The standard InChI is InChI=1S/C10H17N3OS/c1-7-4-5-9(11)10(13-7)12-6-8(2)15(3)14/h4-5,8H,6,11H2,1-3H3,(H,12,13). The molecule has 2 unspecified atom stereocenters. The van der Waals surface area contributed by atoms with Gasteiger partial charge in [-0.25, -0.2) is 4.98 Å². The molecule has 0 aliphatic carbocycles. The first kappa shape index (κ1) is 12.0. The smallest absolute Gasteiger partial charge is 0.149 e. The predicted octanol–water partition coefficient (Wildman–Crippen LogP) is 1.15. The van der Waals surface area contributed by atoms with E-state index in [0.29, 0.717) is 18.1 Å². The van der Waals surface area contributed by atoms with Gasteiger partial charge in [0, 0.05) is 34.5 Å². The molecule has 5 heteroatoms. The Labute approximate surface area is 92.7 Å². The highest BCUT2D eigenvalue weighted by atomic mass is 32.2. The molecule has 0 saturated carbocycles. The number of nitrogen functional groups attached to an aromatic ring is 1. The highest BCUT2D eigenvalue weighted by molar-refractivity contribution is 7.84. The van der Waals surface area contributed by atoms with Crippen LogP contribution >= 0.6 is 0 Å². The first-order chi connectivity index (χ1) is 7.00. The molecule has 84 valence electrons. The van der Waals surface area contributed by atoms with Crippen molar-refractivity contribution in [2.75, 3.05) is 23.9 Å². The van der Waals surface area contributed by atoms with E-state index in [1.165, 1.54) is 0 Å². The molecule has 0 amide bonds. The monoisotopic (exact) mass is 227 g/mol. The number of nitrogens with zero attached hydrogens (tertiary/aromatic N) is 1. The molecule has 2 atom stereocenters. The number of nitrogens with one attached hydrogen (secondary N) is 1. The zero-order valence-corrected chi connectivity index (χ0v) is 10.1. The first-order valence-electron chi connectivity index (χ1n) is 4.80. The van der Waals surface area contributed by atoms with E-state index in [0.717, 1.165) is 5.69 Å². The van der Waals surface area contributed by atoms with Crippen molar-refractivity contribution < 1.29 is 4.21 Å². The maximum atomic E-state index is 11.1. The minimum Gasteiger partial charge on any atom is -0.396 e. The van der Waals surface area contributed by atoms with Crippen molar-refractivity contribution in [3.05, 3.63) is 17.8 Å². The second-order valence-corrected chi connectivity index (χ2v) is 5.38. The number of hydrogen-bond donors (Lipinski definition) is 2. The van der Waals surface area contributed by atoms with Crippen LogP contribution in [0.1, 0.15) is 12.6 Å². The highest BCUT2D eigenvalue weighted by Gasteiger charge is 2.07. The third-order valence-corrected chi connectivity index (χ3v) is 3.49. The zero-order chi connectivity index (χ0) is 11.4. The average Bonchev–Trinajstić information content (AvgIpc) is 2.18. The Kier molecular flexibility index (Phi) is 4.08. The van der Waals surface area contributed by atoms with Gasteiger partial charge in [-0.1, -0.05) is 0 Å². The Morgan fingerprint density at radius 2 is 2.27 bits per heavy atom. The average molecular weight is 227 g/mol. The van der Waals surface area contributed by atoms with E-state index < -0.39 is 10.8 Å². The van der Waals surface area contributed by atoms with Gasteiger partial charge >= 0.3 is 0 Å². The quantitative estimate of drug-likeness (QED) is 0.809. The molecule has 0 aliphatic heterocycles. The van der Waals surface area contributed by atoms with Gasteiger partial charge in [0.25, 0.3) is 0 Å². The van der Waals surface area contributed by atoms with Gasteiger partial charge in [-0.15, -0.1) is 0 Å². The Morgan fingerprint density at radius 3 is 2.87 bits per heavy atom. The molecule has 15 heavy (non-hydrogen) atoms. The number of hydrogen-bond acceptors (Lipinski definition) is 4. The Balaban J connectivity index is 2.65. The van der Waals surface area contributed by atoms with E-state index in [1.807, 2.05) is 26.0 Å². The van der Waals surface area contributed by atoms with Gasteiger partial charge in [-0.2, -0.15) is 0 Å². The number of anilines is 2. The summed E-state index contributed by atoms with van der Waals surface area (Å²) in [5.41, 5.74) is 7.28. The molecule has 0 aromatic carbocycles. The minimum absolute atomic E-state index is 0.0895. The molecular formula is C10H17N3OS. The van der Waals surface area contributed by atoms with Crippen LogP contribution < -0.4 is 11.1 Å². The fraction of sp³-hybridized carbons (Fsp3) is 0.500. The van der Waals surface area contributed by atoms with Crippen molar-refractivity contribution in [1.29, 1.82) is 0 Å². The van der Waals surface area contributed by atoms with Crippen LogP contribution in [0.2, 0.25) is 0 Å². The number of aryl methyl sites for hydroxylation is 1. The molecule has 0 bridgehead atoms. The zero-order valence-electron chi connectivity index (χ0n) is 9.28. The Hall–Kier alpha value is -1.10. The lowest BCUT2D eigenvalue weighted by Crippen LogP contribution is -2.21. The fourth-order valence-corrected chi connectivity index (χ4v) is 1.38. The number of rotatable bonds is 4. The molecule has 0 saturated heterocycles. The van der Waals surface area contributed by atoms with Crippen LogP contribution in [0, 0.1) is 6.92 Å². The molecule has 0 spiro atoms. The van der Waals surface area contributed by atoms with Crippen molar-refractivity contribution in [3.63, 3.8) is 0 Å². The van der Waals surface area contributed by atoms with Gasteiger partial charge < -0.3 is 11.1 Å². The van der Waals surface area contributed by atoms with Crippen molar-refractivity contribution >= 4 is 22.3 Å². The fourth-order valence-electron chi connectivity index (χ4n) is 1.07. The van der Waals surface area contributed by atoms with Crippen LogP contribution in [0.15, 0.2) is 12.1 Å². The maximum Gasteiger partial charge on any atom is 0.149 e. The van der Waals surface area contributed by atoms with Gasteiger partial charge in [0.05, 0.1) is 5.69 Å². The van der Waals surface area contributed by atoms with E-state index in [2.05, 4.69) is 10.3 Å². The molecule has 4 nitrogen and oxygen atoms in total. The van der Waals surface area contributed by atoms with E-state index in [4.69, 9.17) is 5.73 Å². The predicted molar refractivity (Wildman–Crippen MR) is 65.4 cm³/mol. The number of aromatic nitrogens is 1. The second-order valence-electron chi connectivity index (χ2n) is 3.58. The van der Waals surface area contributed by atoms with Crippen molar-refractivity contribution in [2.24, 2.45) is 0 Å². The summed E-state index contributed by atoms with van der Waals surface area (Å²) >= 11 is 0. The van der Waals surface area contributed by atoms with E-state index in [1.54, 1.807) is 6.26 Å². The number of nitrogens with two attached hydrogens (primary N) is 1. The summed E-state index contributed by atoms with van der Waals surface area (Å²) in [5.74, 6) is 0.673. The molecule has 1 aromatic heterocycles. The summed E-state index contributed by atoms with van der Waals surface area (Å²) in [6, 6.07) is 3.68. The molecule has 0 radical (unpaired) electrons. The van der Waals surface area contributed by atoms with Crippen molar-refractivity contribution in [1.82, 2.24) is 4.98 Å². The van der Waals surface area contributed by atoms with Crippen LogP contribution in [0.5, 0.6) is 0 Å². The molecule has 3 N–H and O–H groups in total. The van der Waals surface area contributed by atoms with Crippen LogP contribution in [-0.4, -0.2) is 27.2 Å². The van der Waals surface area contributed by atoms with Gasteiger partial charge in [0.2, 0.25) is 0 Å². The third kappa shape index (κ3) is 3.51. The first-order valence-corrected chi connectivity index (χ1v) is 6.42. The lowest BCUT2D eigenvalue weighted by atomic mass is 10.3. The second kappa shape index (κ2) is 5.11. The van der Waals surface area contributed by atoms with Crippen LogP contribution in [0.3, 0.4) is 0 Å². The molecular weight excluding hydrogens is 210 g/mol. The lowest BCUT2D eigenvalue weighted by Gasteiger charge is -2.12. The van der Waals surface area contributed by atoms with E-state index >= 15 is 0 Å². The number of pyridine rings is 1. The summed E-state index contributed by atoms with van der Waals surface area (Å²) in [7, 11) is -0.827.